The fourth-order valence-corrected chi connectivity index (χ4v) is 4.86. The van der Waals surface area contributed by atoms with Crippen LogP contribution in [0, 0.1) is 0 Å². The van der Waals surface area contributed by atoms with E-state index in [0.717, 1.165) is 34.8 Å². The highest BCUT2D eigenvalue weighted by atomic mass is 35.5. The van der Waals surface area contributed by atoms with Crippen LogP contribution in [0.2, 0.25) is 0 Å². The Morgan fingerprint density at radius 2 is 1.88 bits per heavy atom. The number of alkyl halides is 4. The van der Waals surface area contributed by atoms with E-state index in [0.29, 0.717) is 38.8 Å². The Kier molecular flexibility index (Phi) is 6.62. The average Bonchev–Trinajstić information content (AvgIpc) is 3.16. The van der Waals surface area contributed by atoms with Crippen molar-refractivity contribution < 1.29 is 17.9 Å². The molecule has 3 aromatic rings. The van der Waals surface area contributed by atoms with Gasteiger partial charge in [-0.1, -0.05) is 18.2 Å². The third-order valence-electron chi connectivity index (χ3n) is 6.26. The molecule has 0 unspecified atom stereocenters. The Morgan fingerprint density at radius 3 is 2.64 bits per heavy atom. The Balaban J connectivity index is 0.00000259. The van der Waals surface area contributed by atoms with Gasteiger partial charge in [0.15, 0.2) is 5.82 Å². The molecule has 1 saturated carbocycles. The highest BCUT2D eigenvalue weighted by molar-refractivity contribution is 6.24. The van der Waals surface area contributed by atoms with Crippen molar-refractivity contribution in [2.24, 2.45) is 0 Å². The number of ether oxygens (including phenoxy) is 1. The molecule has 0 radical (unpaired) electrons. The van der Waals surface area contributed by atoms with Gasteiger partial charge in [-0.15, -0.1) is 34.2 Å². The Hall–Kier alpha value is -2.29. The summed E-state index contributed by atoms with van der Waals surface area (Å²) in [5.74, 6) is 1.11. The average molecular weight is 499 g/mol. The van der Waals surface area contributed by atoms with Crippen LogP contribution in [0.4, 0.5) is 13.2 Å². The van der Waals surface area contributed by atoms with Crippen LogP contribution in [0.15, 0.2) is 48.8 Å². The standard InChI is InChI=1S/C23H22ClF3N4O.ClH/c24-22(16-4-5-20-15(10-16)12-28-13-21-30-29-14-31(20)21)8-6-18(7-9-22)32-19-3-1-2-17(11-19)23(25,26)27;/h1-5,10-11,14,18,28H,6-9,12-13H2;1H. The van der Waals surface area contributed by atoms with Crippen LogP contribution in [0.3, 0.4) is 0 Å². The molecule has 33 heavy (non-hydrogen) atoms. The van der Waals surface area contributed by atoms with Gasteiger partial charge in [0, 0.05) is 6.54 Å². The van der Waals surface area contributed by atoms with Crippen LogP contribution in [-0.4, -0.2) is 20.9 Å². The quantitative estimate of drug-likeness (QED) is 0.466. The smallest absolute Gasteiger partial charge is 0.416 e. The lowest BCUT2D eigenvalue weighted by Crippen LogP contribution is -2.32. The van der Waals surface area contributed by atoms with Gasteiger partial charge in [0.2, 0.25) is 0 Å². The van der Waals surface area contributed by atoms with E-state index in [-0.39, 0.29) is 24.3 Å². The zero-order valence-electron chi connectivity index (χ0n) is 17.6. The SMILES string of the molecule is Cl.FC(F)(F)c1cccc(OC2CCC(Cl)(c3ccc4c(c3)CNCc3nncn3-4)CC2)c1. The first-order valence-electron chi connectivity index (χ1n) is 10.6. The summed E-state index contributed by atoms with van der Waals surface area (Å²) in [6.07, 6.45) is -0.120. The van der Waals surface area contributed by atoms with Gasteiger partial charge >= 0.3 is 6.18 Å². The van der Waals surface area contributed by atoms with Crippen molar-refractivity contribution in [3.05, 3.63) is 71.3 Å². The molecule has 2 aromatic carbocycles. The molecule has 5 nitrogen and oxygen atoms in total. The topological polar surface area (TPSA) is 52.0 Å². The van der Waals surface area contributed by atoms with Gasteiger partial charge in [-0.05, 0) is 61.1 Å². The molecule has 1 aliphatic heterocycles. The minimum absolute atomic E-state index is 0. The predicted molar refractivity (Wildman–Crippen MR) is 121 cm³/mol. The van der Waals surface area contributed by atoms with Crippen molar-refractivity contribution in [3.63, 3.8) is 0 Å². The lowest BCUT2D eigenvalue weighted by atomic mass is 9.81. The Bertz CT molecular complexity index is 1130. The monoisotopic (exact) mass is 498 g/mol. The summed E-state index contributed by atoms with van der Waals surface area (Å²) in [5, 5.41) is 11.5. The van der Waals surface area contributed by atoms with Crippen LogP contribution in [0.25, 0.3) is 5.69 Å². The minimum Gasteiger partial charge on any atom is -0.490 e. The van der Waals surface area contributed by atoms with Crippen LogP contribution in [-0.2, 0) is 24.1 Å². The van der Waals surface area contributed by atoms with E-state index < -0.39 is 16.6 Å². The molecule has 5 rings (SSSR count). The molecule has 1 aliphatic carbocycles. The largest absolute Gasteiger partial charge is 0.490 e. The van der Waals surface area contributed by atoms with Gasteiger partial charge in [-0.3, -0.25) is 4.57 Å². The molecule has 1 N–H and O–H groups in total. The second-order valence-electron chi connectivity index (χ2n) is 8.37. The highest BCUT2D eigenvalue weighted by Gasteiger charge is 2.37. The van der Waals surface area contributed by atoms with Crippen LogP contribution in [0.5, 0.6) is 5.75 Å². The maximum atomic E-state index is 13.0. The van der Waals surface area contributed by atoms with Gasteiger partial charge in [-0.2, -0.15) is 13.2 Å². The summed E-state index contributed by atoms with van der Waals surface area (Å²) >= 11 is 7.06. The van der Waals surface area contributed by atoms with Gasteiger partial charge in [0.05, 0.1) is 28.8 Å². The summed E-state index contributed by atoms with van der Waals surface area (Å²) in [4.78, 5) is -0.523. The van der Waals surface area contributed by atoms with Crippen LogP contribution < -0.4 is 10.1 Å². The van der Waals surface area contributed by atoms with Crippen molar-refractivity contribution in [3.8, 4) is 11.4 Å². The minimum atomic E-state index is -4.38. The summed E-state index contributed by atoms with van der Waals surface area (Å²) in [5.41, 5.74) is 2.52. The number of hydrogen-bond acceptors (Lipinski definition) is 4. The fourth-order valence-electron chi connectivity index (χ4n) is 4.52. The highest BCUT2D eigenvalue weighted by Crippen LogP contribution is 2.45. The van der Waals surface area contributed by atoms with Crippen molar-refractivity contribution in [1.82, 2.24) is 20.1 Å². The molecular formula is C23H23Cl2F3N4O. The molecule has 0 saturated heterocycles. The first kappa shape index (κ1) is 23.9. The molecule has 0 spiro atoms. The third-order valence-corrected chi connectivity index (χ3v) is 6.86. The third kappa shape index (κ3) is 4.83. The summed E-state index contributed by atoms with van der Waals surface area (Å²) in [7, 11) is 0. The van der Waals surface area contributed by atoms with Gasteiger partial charge in [0.25, 0.3) is 0 Å². The number of rotatable bonds is 3. The van der Waals surface area contributed by atoms with E-state index in [2.05, 4.69) is 33.7 Å². The molecule has 10 heteroatoms. The number of halogens is 5. The maximum Gasteiger partial charge on any atom is 0.416 e. The van der Waals surface area contributed by atoms with E-state index in [1.165, 1.54) is 6.07 Å². The second kappa shape index (κ2) is 9.16. The van der Waals surface area contributed by atoms with Gasteiger partial charge < -0.3 is 10.1 Å². The number of nitrogens with zero attached hydrogens (tertiary/aromatic N) is 3. The summed E-state index contributed by atoms with van der Waals surface area (Å²) in [6.45, 7) is 1.35. The van der Waals surface area contributed by atoms with Crippen molar-refractivity contribution >= 4 is 24.0 Å². The van der Waals surface area contributed by atoms with Crippen molar-refractivity contribution in [1.29, 1.82) is 0 Å². The van der Waals surface area contributed by atoms with Crippen molar-refractivity contribution in [2.45, 2.75) is 55.9 Å². The molecule has 1 aromatic heterocycles. The molecule has 1 fully saturated rings. The summed E-state index contributed by atoms with van der Waals surface area (Å²) in [6, 6.07) is 11.3. The van der Waals surface area contributed by atoms with Crippen molar-refractivity contribution in [2.75, 3.05) is 0 Å². The molecule has 2 heterocycles. The van der Waals surface area contributed by atoms with Crippen LogP contribution in [0.1, 0.15) is 48.2 Å². The number of nitrogens with one attached hydrogen (secondary N) is 1. The van der Waals surface area contributed by atoms with E-state index in [1.807, 2.05) is 4.57 Å². The predicted octanol–water partition coefficient (Wildman–Crippen LogP) is 5.77. The first-order valence-corrected chi connectivity index (χ1v) is 11.0. The Morgan fingerprint density at radius 1 is 1.09 bits per heavy atom. The zero-order chi connectivity index (χ0) is 22.3. The molecule has 176 valence electrons. The molecule has 2 aliphatic rings. The van der Waals surface area contributed by atoms with E-state index in [9.17, 15) is 13.2 Å². The lowest BCUT2D eigenvalue weighted by molar-refractivity contribution is -0.137. The second-order valence-corrected chi connectivity index (χ2v) is 9.10. The van der Waals surface area contributed by atoms with E-state index in [1.54, 1.807) is 12.4 Å². The molecule has 0 amide bonds. The van der Waals surface area contributed by atoms with E-state index in [4.69, 9.17) is 16.3 Å². The number of fused-ring (bicyclic) bond motifs is 3. The summed E-state index contributed by atoms with van der Waals surface area (Å²) < 4.78 is 46.7. The Labute approximate surface area is 200 Å². The molecule has 0 atom stereocenters. The van der Waals surface area contributed by atoms with Crippen LogP contribution >= 0.6 is 24.0 Å². The van der Waals surface area contributed by atoms with Gasteiger partial charge in [0.1, 0.15) is 12.1 Å². The zero-order valence-corrected chi connectivity index (χ0v) is 19.2. The van der Waals surface area contributed by atoms with Gasteiger partial charge in [-0.25, -0.2) is 0 Å². The number of benzene rings is 2. The number of aromatic nitrogens is 3. The maximum absolute atomic E-state index is 13.0. The first-order chi connectivity index (χ1) is 15.3. The van der Waals surface area contributed by atoms with E-state index >= 15 is 0 Å². The lowest BCUT2D eigenvalue weighted by Gasteiger charge is -2.36. The molecule has 0 bridgehead atoms. The fraction of sp³-hybridized carbons (Fsp3) is 0.391. The molecular weight excluding hydrogens is 476 g/mol. The number of hydrogen-bond donors (Lipinski definition) is 1. The normalized spacial score (nSPS) is 22.5.